The third-order valence-electron chi connectivity index (χ3n) is 8.29. The molecule has 33 heavy (non-hydrogen) atoms. The van der Waals surface area contributed by atoms with Gasteiger partial charge in [-0.1, -0.05) is 61.5 Å². The summed E-state index contributed by atoms with van der Waals surface area (Å²) in [5, 5.41) is 0. The Morgan fingerprint density at radius 1 is 1.24 bits per heavy atom. The lowest BCUT2D eigenvalue weighted by atomic mass is 9.72. The van der Waals surface area contributed by atoms with Crippen molar-refractivity contribution in [1.29, 1.82) is 0 Å². The molecule has 0 bridgehead atoms. The van der Waals surface area contributed by atoms with Gasteiger partial charge in [0.15, 0.2) is 8.32 Å². The summed E-state index contributed by atoms with van der Waals surface area (Å²) in [5.74, 6) is -0.756. The van der Waals surface area contributed by atoms with Crippen molar-refractivity contribution in [1.82, 2.24) is 4.90 Å². The fraction of sp³-hybridized carbons (Fsp3) is 0.600. The van der Waals surface area contributed by atoms with E-state index in [1.54, 1.807) is 0 Å². The summed E-state index contributed by atoms with van der Waals surface area (Å²) in [6.07, 6.45) is 1.48. The summed E-state index contributed by atoms with van der Waals surface area (Å²) in [6, 6.07) is 11.1. The number of nitrogens with zero attached hydrogens (tertiary/aromatic N) is 2. The van der Waals surface area contributed by atoms with Gasteiger partial charge in [-0.3, -0.25) is 19.4 Å². The number of para-hydroxylation sites is 1. The number of halogens is 1. The molecular formula is C25H35BrN2O4Si. The summed E-state index contributed by atoms with van der Waals surface area (Å²) in [7, 11) is -0.704. The number of benzene rings is 1. The molecule has 2 fully saturated rings. The highest BCUT2D eigenvalue weighted by Crippen LogP contribution is 2.65. The molecule has 1 spiro atoms. The van der Waals surface area contributed by atoms with Crippen LogP contribution in [0.3, 0.4) is 0 Å². The maximum atomic E-state index is 13.6. The van der Waals surface area contributed by atoms with Crippen LogP contribution in [0.5, 0.6) is 0 Å². The molecule has 0 aromatic heterocycles. The SMILES string of the molecule is C=C(Br)CN1CC[C@@]2(O[Si](CC)(CC)CC)c3ccccc3N3C(=O)CC[C@@H](C(=O)OC)[C@@]132. The lowest BCUT2D eigenvalue weighted by molar-refractivity contribution is -0.165. The maximum absolute atomic E-state index is 13.6. The van der Waals surface area contributed by atoms with Crippen molar-refractivity contribution in [3.05, 3.63) is 40.9 Å². The van der Waals surface area contributed by atoms with Gasteiger partial charge >= 0.3 is 5.97 Å². The average molecular weight is 536 g/mol. The maximum Gasteiger partial charge on any atom is 0.312 e. The predicted molar refractivity (Wildman–Crippen MR) is 136 cm³/mol. The number of anilines is 1. The van der Waals surface area contributed by atoms with Crippen LogP contribution >= 0.6 is 15.9 Å². The van der Waals surface area contributed by atoms with E-state index in [1.807, 2.05) is 23.1 Å². The Hall–Kier alpha value is -1.48. The Labute approximate surface area is 206 Å². The Morgan fingerprint density at radius 2 is 1.91 bits per heavy atom. The van der Waals surface area contributed by atoms with Crippen molar-refractivity contribution < 1.29 is 18.8 Å². The van der Waals surface area contributed by atoms with Gasteiger partial charge in [0.1, 0.15) is 11.3 Å². The first-order valence-electron chi connectivity index (χ1n) is 12.1. The highest BCUT2D eigenvalue weighted by molar-refractivity contribution is 9.11. The number of rotatable bonds is 8. The van der Waals surface area contributed by atoms with Crippen LogP contribution in [0.2, 0.25) is 18.1 Å². The van der Waals surface area contributed by atoms with Gasteiger partial charge in [0.2, 0.25) is 5.91 Å². The summed E-state index contributed by atoms with van der Waals surface area (Å²) in [5.41, 5.74) is 0.152. The van der Waals surface area contributed by atoms with E-state index in [0.717, 1.165) is 40.3 Å². The lowest BCUT2D eigenvalue weighted by Gasteiger charge is -2.56. The highest BCUT2D eigenvalue weighted by atomic mass is 79.9. The summed E-state index contributed by atoms with van der Waals surface area (Å²) < 4.78 is 13.7. The van der Waals surface area contributed by atoms with Crippen LogP contribution in [0.4, 0.5) is 5.69 Å². The van der Waals surface area contributed by atoms with Crippen molar-refractivity contribution in [3.63, 3.8) is 0 Å². The highest BCUT2D eigenvalue weighted by Gasteiger charge is 2.76. The standard InChI is InChI=1S/C25H35BrN2O4Si/c1-6-33(7-2,8-3)32-24-15-16-27(17-18(4)26)25(24)20(23(30)31-5)13-14-22(29)28(25)21-12-10-9-11-19(21)24/h9-12,20H,4,6-8,13-17H2,1-3,5H3/t20-,24+,25+/m0/s1. The van der Waals surface area contributed by atoms with Gasteiger partial charge in [0.25, 0.3) is 0 Å². The van der Waals surface area contributed by atoms with Crippen LogP contribution < -0.4 is 4.90 Å². The number of carbonyl (C=O) groups is 2. The minimum absolute atomic E-state index is 0.0388. The van der Waals surface area contributed by atoms with Crippen molar-refractivity contribution in [2.45, 2.75) is 69.4 Å². The zero-order valence-corrected chi connectivity index (χ0v) is 22.7. The van der Waals surface area contributed by atoms with Gasteiger partial charge in [-0.2, -0.15) is 0 Å². The minimum atomic E-state index is -2.14. The number of likely N-dealkylation sites (tertiary alicyclic amines) is 1. The third kappa shape index (κ3) is 3.32. The number of carbonyl (C=O) groups excluding carboxylic acids is 2. The second kappa shape index (κ2) is 8.95. The van der Waals surface area contributed by atoms with E-state index >= 15 is 0 Å². The van der Waals surface area contributed by atoms with E-state index in [0.29, 0.717) is 25.9 Å². The molecule has 1 amide bonds. The topological polar surface area (TPSA) is 59.1 Å². The summed E-state index contributed by atoms with van der Waals surface area (Å²) >= 11 is 3.55. The van der Waals surface area contributed by atoms with Gasteiger partial charge in [-0.05, 0) is 37.0 Å². The first-order chi connectivity index (χ1) is 15.8. The molecule has 6 nitrogen and oxygen atoms in total. The molecule has 1 aromatic rings. The minimum Gasteiger partial charge on any atom is -0.469 e. The Balaban J connectivity index is 2.06. The number of amides is 1. The van der Waals surface area contributed by atoms with E-state index < -0.39 is 25.5 Å². The van der Waals surface area contributed by atoms with Gasteiger partial charge in [0, 0.05) is 29.6 Å². The number of ether oxygens (including phenoxy) is 1. The fourth-order valence-electron chi connectivity index (χ4n) is 6.66. The van der Waals surface area contributed by atoms with E-state index in [-0.39, 0.29) is 11.9 Å². The summed E-state index contributed by atoms with van der Waals surface area (Å²) in [4.78, 5) is 31.2. The number of esters is 1. The molecular weight excluding hydrogens is 500 g/mol. The first-order valence-corrected chi connectivity index (χ1v) is 15.4. The van der Waals surface area contributed by atoms with Crippen LogP contribution in [-0.4, -0.2) is 51.0 Å². The Kier molecular flexibility index (Phi) is 6.68. The van der Waals surface area contributed by atoms with Crippen LogP contribution in [0.15, 0.2) is 35.3 Å². The smallest absolute Gasteiger partial charge is 0.312 e. The molecule has 8 heteroatoms. The van der Waals surface area contributed by atoms with Crippen molar-refractivity contribution in [3.8, 4) is 0 Å². The Morgan fingerprint density at radius 3 is 2.52 bits per heavy atom. The third-order valence-corrected chi connectivity index (χ3v) is 13.2. The summed E-state index contributed by atoms with van der Waals surface area (Å²) in [6.45, 7) is 12.0. The molecule has 0 saturated carbocycles. The second-order valence-corrected chi connectivity index (χ2v) is 15.3. The quantitative estimate of drug-likeness (QED) is 0.341. The number of piperidine rings is 1. The van der Waals surface area contributed by atoms with Crippen LogP contribution in [-0.2, 0) is 24.4 Å². The molecule has 4 rings (SSSR count). The van der Waals surface area contributed by atoms with E-state index in [4.69, 9.17) is 9.16 Å². The van der Waals surface area contributed by atoms with Crippen molar-refractivity contribution >= 4 is 41.8 Å². The van der Waals surface area contributed by atoms with Crippen molar-refractivity contribution in [2.75, 3.05) is 25.1 Å². The predicted octanol–water partition coefficient (Wildman–Crippen LogP) is 5.14. The van der Waals surface area contributed by atoms with Gasteiger partial charge in [0.05, 0.1) is 18.7 Å². The average Bonchev–Trinajstić information content (AvgIpc) is 3.25. The number of hydrogen-bond donors (Lipinski definition) is 0. The zero-order chi connectivity index (χ0) is 24.0. The first kappa shape index (κ1) is 24.6. The molecule has 2 saturated heterocycles. The van der Waals surface area contributed by atoms with Gasteiger partial charge < -0.3 is 9.16 Å². The van der Waals surface area contributed by atoms with Crippen LogP contribution in [0.1, 0.15) is 45.6 Å². The lowest BCUT2D eigenvalue weighted by Crippen LogP contribution is -2.74. The molecule has 0 unspecified atom stereocenters. The zero-order valence-electron chi connectivity index (χ0n) is 20.2. The number of hydrogen-bond acceptors (Lipinski definition) is 5. The van der Waals surface area contributed by atoms with Crippen LogP contribution in [0, 0.1) is 5.92 Å². The number of fused-ring (bicyclic) bond motifs is 3. The molecule has 3 atom stereocenters. The molecule has 0 radical (unpaired) electrons. The van der Waals surface area contributed by atoms with E-state index in [1.165, 1.54) is 7.11 Å². The molecule has 3 aliphatic rings. The van der Waals surface area contributed by atoms with Crippen molar-refractivity contribution in [2.24, 2.45) is 5.92 Å². The molecule has 180 valence electrons. The van der Waals surface area contributed by atoms with Gasteiger partial charge in [-0.15, -0.1) is 0 Å². The molecule has 0 aliphatic carbocycles. The van der Waals surface area contributed by atoms with Gasteiger partial charge in [-0.25, -0.2) is 0 Å². The normalized spacial score (nSPS) is 28.9. The fourth-order valence-corrected chi connectivity index (χ4v) is 10.00. The monoisotopic (exact) mass is 534 g/mol. The molecule has 1 aromatic carbocycles. The van der Waals surface area contributed by atoms with Crippen LogP contribution in [0.25, 0.3) is 0 Å². The Bertz CT molecular complexity index is 959. The molecule has 3 heterocycles. The largest absolute Gasteiger partial charge is 0.469 e. The number of methoxy groups -OCH3 is 1. The molecule has 0 N–H and O–H groups in total. The molecule has 3 aliphatic heterocycles. The van der Waals surface area contributed by atoms with E-state index in [9.17, 15) is 9.59 Å². The van der Waals surface area contributed by atoms with E-state index in [2.05, 4.69) is 54.2 Å². The second-order valence-electron chi connectivity index (χ2n) is 9.45.